The van der Waals surface area contributed by atoms with Gasteiger partial charge in [0.15, 0.2) is 0 Å². The van der Waals surface area contributed by atoms with Gasteiger partial charge in [-0.1, -0.05) is 18.2 Å². The summed E-state index contributed by atoms with van der Waals surface area (Å²) in [6.07, 6.45) is 1.26. The molecular weight excluding hydrogens is 323 g/mol. The van der Waals surface area contributed by atoms with Crippen LogP contribution >= 0.6 is 0 Å². The number of methoxy groups -OCH3 is 1. The van der Waals surface area contributed by atoms with Crippen molar-refractivity contribution in [1.29, 1.82) is 0 Å². The number of hydrogen-bond donors (Lipinski definition) is 1. The van der Waals surface area contributed by atoms with E-state index in [2.05, 4.69) is 5.32 Å². The molecule has 25 heavy (non-hydrogen) atoms. The van der Waals surface area contributed by atoms with Gasteiger partial charge in [0, 0.05) is 18.3 Å². The van der Waals surface area contributed by atoms with Crippen molar-refractivity contribution >= 4 is 17.5 Å². The maximum absolute atomic E-state index is 13.9. The number of rotatable bonds is 4. The van der Waals surface area contributed by atoms with Crippen LogP contribution in [0.4, 0.5) is 10.1 Å². The molecule has 0 aromatic heterocycles. The molecule has 2 amide bonds. The van der Waals surface area contributed by atoms with Gasteiger partial charge in [0.1, 0.15) is 17.6 Å². The Morgan fingerprint density at radius 3 is 2.76 bits per heavy atom. The second-order valence-corrected chi connectivity index (χ2v) is 5.86. The Morgan fingerprint density at radius 1 is 1.20 bits per heavy atom. The second kappa shape index (κ2) is 7.34. The maximum Gasteiger partial charge on any atom is 0.257 e. The highest BCUT2D eigenvalue weighted by Gasteiger charge is 2.35. The van der Waals surface area contributed by atoms with Crippen LogP contribution in [-0.2, 0) is 4.79 Å². The first-order valence-electron chi connectivity index (χ1n) is 8.10. The number of nitrogens with zero attached hydrogens (tertiary/aromatic N) is 1. The van der Waals surface area contributed by atoms with Crippen LogP contribution in [0.5, 0.6) is 5.75 Å². The summed E-state index contributed by atoms with van der Waals surface area (Å²) in [5.41, 5.74) is 0.582. The number of halogens is 1. The number of ether oxygens (including phenoxy) is 1. The molecule has 3 rings (SSSR count). The van der Waals surface area contributed by atoms with E-state index in [-0.39, 0.29) is 11.5 Å². The van der Waals surface area contributed by atoms with Gasteiger partial charge in [-0.15, -0.1) is 0 Å². The van der Waals surface area contributed by atoms with Gasteiger partial charge in [-0.25, -0.2) is 4.39 Å². The van der Waals surface area contributed by atoms with Crippen molar-refractivity contribution in [2.45, 2.75) is 18.9 Å². The van der Waals surface area contributed by atoms with Crippen LogP contribution in [0.15, 0.2) is 48.5 Å². The molecule has 1 heterocycles. The average molecular weight is 342 g/mol. The maximum atomic E-state index is 13.9. The molecule has 130 valence electrons. The predicted octanol–water partition coefficient (Wildman–Crippen LogP) is 3.08. The van der Waals surface area contributed by atoms with Gasteiger partial charge in [-0.3, -0.25) is 9.59 Å². The average Bonchev–Trinajstić information content (AvgIpc) is 3.11. The van der Waals surface area contributed by atoms with E-state index in [9.17, 15) is 14.0 Å². The second-order valence-electron chi connectivity index (χ2n) is 5.86. The number of nitrogens with one attached hydrogen (secondary N) is 1. The van der Waals surface area contributed by atoms with E-state index in [0.717, 1.165) is 0 Å². The molecule has 0 unspecified atom stereocenters. The zero-order chi connectivity index (χ0) is 17.8. The monoisotopic (exact) mass is 342 g/mol. The minimum absolute atomic E-state index is 0.0106. The molecule has 2 aromatic rings. The van der Waals surface area contributed by atoms with Crippen molar-refractivity contribution in [2.75, 3.05) is 19.0 Å². The fraction of sp³-hybridized carbons (Fsp3) is 0.263. The van der Waals surface area contributed by atoms with Gasteiger partial charge in [0.05, 0.1) is 12.7 Å². The fourth-order valence-corrected chi connectivity index (χ4v) is 3.00. The molecule has 1 N–H and O–H groups in total. The number of hydrogen-bond acceptors (Lipinski definition) is 3. The Kier molecular flexibility index (Phi) is 4.97. The summed E-state index contributed by atoms with van der Waals surface area (Å²) < 4.78 is 19.0. The van der Waals surface area contributed by atoms with E-state index in [1.54, 1.807) is 37.4 Å². The Balaban J connectivity index is 1.75. The summed E-state index contributed by atoms with van der Waals surface area (Å²) in [5.74, 6) is -0.688. The fourth-order valence-electron chi connectivity index (χ4n) is 3.00. The van der Waals surface area contributed by atoms with E-state index in [0.29, 0.717) is 30.8 Å². The number of amides is 2. The van der Waals surface area contributed by atoms with Crippen LogP contribution in [0.25, 0.3) is 0 Å². The zero-order valence-electron chi connectivity index (χ0n) is 13.9. The summed E-state index contributed by atoms with van der Waals surface area (Å²) >= 11 is 0. The SMILES string of the molecule is COc1cccc(NC(=O)[C@H]2CCCN2C(=O)c2ccccc2F)c1. The number of carbonyl (C=O) groups is 2. The third-order valence-corrected chi connectivity index (χ3v) is 4.26. The smallest absolute Gasteiger partial charge is 0.257 e. The van der Waals surface area contributed by atoms with Crippen molar-refractivity contribution in [1.82, 2.24) is 4.90 Å². The molecule has 2 aromatic carbocycles. The van der Waals surface area contributed by atoms with Crippen molar-refractivity contribution < 1.29 is 18.7 Å². The Morgan fingerprint density at radius 2 is 2.00 bits per heavy atom. The summed E-state index contributed by atoms with van der Waals surface area (Å²) in [5, 5.41) is 2.80. The predicted molar refractivity (Wildman–Crippen MR) is 92.1 cm³/mol. The van der Waals surface area contributed by atoms with Crippen molar-refractivity contribution in [3.8, 4) is 5.75 Å². The molecule has 0 radical (unpaired) electrons. The van der Waals surface area contributed by atoms with Crippen LogP contribution in [0, 0.1) is 5.82 Å². The molecule has 1 aliphatic heterocycles. The third-order valence-electron chi connectivity index (χ3n) is 4.26. The lowest BCUT2D eigenvalue weighted by molar-refractivity contribution is -0.119. The summed E-state index contributed by atoms with van der Waals surface area (Å²) in [7, 11) is 1.55. The van der Waals surface area contributed by atoms with Crippen LogP contribution < -0.4 is 10.1 Å². The zero-order valence-corrected chi connectivity index (χ0v) is 13.9. The van der Waals surface area contributed by atoms with Crippen molar-refractivity contribution in [3.63, 3.8) is 0 Å². The van der Waals surface area contributed by atoms with Gasteiger partial charge >= 0.3 is 0 Å². The molecule has 1 fully saturated rings. The highest BCUT2D eigenvalue weighted by molar-refractivity contribution is 6.01. The van der Waals surface area contributed by atoms with Crippen LogP contribution in [0.1, 0.15) is 23.2 Å². The molecule has 0 aliphatic carbocycles. The first-order chi connectivity index (χ1) is 12.1. The molecule has 0 spiro atoms. The summed E-state index contributed by atoms with van der Waals surface area (Å²) in [6.45, 7) is 0.434. The minimum atomic E-state index is -0.613. The van der Waals surface area contributed by atoms with Crippen LogP contribution in [-0.4, -0.2) is 36.4 Å². The summed E-state index contributed by atoms with van der Waals surface area (Å²) in [6, 6.07) is 12.2. The quantitative estimate of drug-likeness (QED) is 0.929. The summed E-state index contributed by atoms with van der Waals surface area (Å²) in [4.78, 5) is 26.7. The minimum Gasteiger partial charge on any atom is -0.497 e. The van der Waals surface area contributed by atoms with Gasteiger partial charge in [0.25, 0.3) is 5.91 Å². The molecule has 5 nitrogen and oxygen atoms in total. The molecule has 6 heteroatoms. The highest BCUT2D eigenvalue weighted by atomic mass is 19.1. The number of carbonyl (C=O) groups excluding carboxylic acids is 2. The molecule has 1 aliphatic rings. The lowest BCUT2D eigenvalue weighted by Gasteiger charge is -2.24. The first-order valence-corrected chi connectivity index (χ1v) is 8.10. The van der Waals surface area contributed by atoms with Gasteiger partial charge < -0.3 is 15.0 Å². The topological polar surface area (TPSA) is 58.6 Å². The first kappa shape index (κ1) is 17.0. The highest BCUT2D eigenvalue weighted by Crippen LogP contribution is 2.24. The van der Waals surface area contributed by atoms with Gasteiger partial charge in [-0.2, -0.15) is 0 Å². The van der Waals surface area contributed by atoms with E-state index < -0.39 is 17.8 Å². The molecule has 0 saturated carbocycles. The number of benzene rings is 2. The Labute approximate surface area is 145 Å². The van der Waals surface area contributed by atoms with Crippen molar-refractivity contribution in [3.05, 3.63) is 59.9 Å². The lowest BCUT2D eigenvalue weighted by Crippen LogP contribution is -2.43. The Hall–Kier alpha value is -2.89. The normalized spacial score (nSPS) is 16.6. The molecule has 1 saturated heterocycles. The third kappa shape index (κ3) is 3.63. The van der Waals surface area contributed by atoms with E-state index in [4.69, 9.17) is 4.74 Å². The largest absolute Gasteiger partial charge is 0.497 e. The van der Waals surface area contributed by atoms with E-state index in [1.165, 1.54) is 23.1 Å². The van der Waals surface area contributed by atoms with Crippen LogP contribution in [0.2, 0.25) is 0 Å². The number of anilines is 1. The Bertz CT molecular complexity index is 794. The van der Waals surface area contributed by atoms with Crippen molar-refractivity contribution in [2.24, 2.45) is 0 Å². The van der Waals surface area contributed by atoms with Gasteiger partial charge in [-0.05, 0) is 37.1 Å². The van der Waals surface area contributed by atoms with Crippen LogP contribution in [0.3, 0.4) is 0 Å². The molecule has 1 atom stereocenters. The standard InChI is InChI=1S/C19H19FN2O3/c1-25-14-7-4-6-13(12-14)21-18(23)17-10-5-11-22(17)19(24)15-8-2-3-9-16(15)20/h2-4,6-9,12,17H,5,10-11H2,1H3,(H,21,23)/t17-/m1/s1. The van der Waals surface area contributed by atoms with Gasteiger partial charge in [0.2, 0.25) is 5.91 Å². The lowest BCUT2D eigenvalue weighted by atomic mass is 10.1. The van der Waals surface area contributed by atoms with E-state index >= 15 is 0 Å². The molecule has 0 bridgehead atoms. The number of likely N-dealkylation sites (tertiary alicyclic amines) is 1. The van der Waals surface area contributed by atoms with E-state index in [1.807, 2.05) is 0 Å². The molecular formula is C19H19FN2O3.